The molecule has 21 heavy (non-hydrogen) atoms. The summed E-state index contributed by atoms with van der Waals surface area (Å²) in [4.78, 5) is 16.8. The van der Waals surface area contributed by atoms with Crippen LogP contribution in [0.3, 0.4) is 0 Å². The zero-order valence-electron chi connectivity index (χ0n) is 12.0. The van der Waals surface area contributed by atoms with Crippen molar-refractivity contribution in [2.45, 2.75) is 32.1 Å². The maximum absolute atomic E-state index is 12.6. The van der Waals surface area contributed by atoms with Crippen LogP contribution in [0.1, 0.15) is 31.4 Å². The van der Waals surface area contributed by atoms with Crippen molar-refractivity contribution in [1.29, 1.82) is 0 Å². The Labute approximate surface area is 142 Å². The third-order valence-electron chi connectivity index (χ3n) is 4.64. The lowest BCUT2D eigenvalue weighted by Gasteiger charge is -2.37. The molecular weight excluding hydrogens is 329 g/mol. The molecule has 0 aromatic carbocycles. The Morgan fingerprint density at radius 1 is 1.48 bits per heavy atom. The number of fused-ring (bicyclic) bond motifs is 1. The molecule has 4 nitrogen and oxygen atoms in total. The van der Waals surface area contributed by atoms with Crippen molar-refractivity contribution in [1.82, 2.24) is 15.6 Å². The smallest absolute Gasteiger partial charge is 0.227 e. The number of aromatic nitrogens is 1. The van der Waals surface area contributed by atoms with E-state index < -0.39 is 0 Å². The van der Waals surface area contributed by atoms with Gasteiger partial charge < -0.3 is 10.6 Å². The minimum absolute atomic E-state index is 0. The summed E-state index contributed by atoms with van der Waals surface area (Å²) in [6.45, 7) is 2.58. The molecule has 1 saturated heterocycles. The summed E-state index contributed by atoms with van der Waals surface area (Å²) in [6.07, 6.45) is 5.56. The normalized spacial score (nSPS) is 27.1. The van der Waals surface area contributed by atoms with Crippen LogP contribution in [0.4, 0.5) is 0 Å². The van der Waals surface area contributed by atoms with Crippen LogP contribution in [0.25, 0.3) is 0 Å². The second-order valence-corrected chi connectivity index (χ2v) is 6.43. The highest BCUT2D eigenvalue weighted by atomic mass is 35.5. The molecule has 1 aromatic heterocycles. The van der Waals surface area contributed by atoms with Crippen LogP contribution < -0.4 is 10.6 Å². The van der Waals surface area contributed by atoms with Crippen LogP contribution in [0.5, 0.6) is 0 Å². The van der Waals surface area contributed by atoms with Gasteiger partial charge in [-0.15, -0.1) is 36.2 Å². The number of carbonyl (C=O) groups excluding carboxylic acids is 1. The number of nitrogens with one attached hydrogen (secondary N) is 2. The molecule has 0 bridgehead atoms. The van der Waals surface area contributed by atoms with Crippen molar-refractivity contribution in [2.24, 2.45) is 11.3 Å². The number of thiazole rings is 1. The summed E-state index contributed by atoms with van der Waals surface area (Å²) in [6, 6.07) is 0. The number of halogens is 2. The van der Waals surface area contributed by atoms with Crippen LogP contribution >= 0.6 is 36.2 Å². The molecular formula is C14H23Cl2N3OS. The average molecular weight is 352 g/mol. The highest BCUT2D eigenvalue weighted by Gasteiger charge is 2.49. The fraction of sp³-hybridized carbons (Fsp3) is 0.714. The molecule has 2 N–H and O–H groups in total. The van der Waals surface area contributed by atoms with Crippen molar-refractivity contribution >= 4 is 42.1 Å². The Kier molecular flexibility index (Phi) is 7.40. The number of amides is 1. The minimum atomic E-state index is -0.125. The van der Waals surface area contributed by atoms with Crippen molar-refractivity contribution in [3.05, 3.63) is 16.6 Å². The van der Waals surface area contributed by atoms with Crippen LogP contribution in [0.2, 0.25) is 0 Å². The molecule has 2 atom stereocenters. The first-order valence-electron chi connectivity index (χ1n) is 7.17. The summed E-state index contributed by atoms with van der Waals surface area (Å²) in [5, 5.41) is 8.60. The van der Waals surface area contributed by atoms with Gasteiger partial charge in [0.2, 0.25) is 5.91 Å². The van der Waals surface area contributed by atoms with E-state index in [0.29, 0.717) is 12.5 Å². The van der Waals surface area contributed by atoms with Gasteiger partial charge in [0.1, 0.15) is 0 Å². The Balaban J connectivity index is 0.00000110. The summed E-state index contributed by atoms with van der Waals surface area (Å²) < 4.78 is 0. The third-order valence-corrected chi connectivity index (χ3v) is 5.28. The van der Waals surface area contributed by atoms with E-state index in [2.05, 4.69) is 15.6 Å². The van der Waals surface area contributed by atoms with Gasteiger partial charge in [0, 0.05) is 24.9 Å². The number of nitrogens with zero attached hydrogens (tertiary/aromatic N) is 1. The lowest BCUT2D eigenvalue weighted by Crippen LogP contribution is -2.48. The molecule has 2 heterocycles. The molecule has 1 aliphatic carbocycles. The number of rotatable bonds is 4. The Hall–Kier alpha value is -0.360. The Morgan fingerprint density at radius 2 is 2.33 bits per heavy atom. The van der Waals surface area contributed by atoms with Gasteiger partial charge in [0.15, 0.2) is 0 Å². The highest BCUT2D eigenvalue weighted by Crippen LogP contribution is 2.43. The summed E-state index contributed by atoms with van der Waals surface area (Å²) in [7, 11) is 0. The Morgan fingerprint density at radius 3 is 3.10 bits per heavy atom. The molecule has 0 radical (unpaired) electrons. The van der Waals surface area contributed by atoms with E-state index in [-0.39, 0.29) is 36.1 Å². The quantitative estimate of drug-likeness (QED) is 0.875. The predicted molar refractivity (Wildman–Crippen MR) is 90.6 cm³/mol. The largest absolute Gasteiger partial charge is 0.355 e. The second-order valence-electron chi connectivity index (χ2n) is 5.72. The van der Waals surface area contributed by atoms with Crippen LogP contribution in [0, 0.1) is 11.3 Å². The molecule has 2 aliphatic rings. The van der Waals surface area contributed by atoms with Crippen LogP contribution in [-0.2, 0) is 11.2 Å². The van der Waals surface area contributed by atoms with Crippen molar-refractivity contribution in [3.8, 4) is 0 Å². The predicted octanol–water partition coefficient (Wildman–Crippen LogP) is 2.43. The molecule has 1 aliphatic heterocycles. The molecule has 0 unspecified atom stereocenters. The van der Waals surface area contributed by atoms with E-state index in [1.54, 1.807) is 11.3 Å². The number of hydrogen-bond donors (Lipinski definition) is 2. The molecule has 1 saturated carbocycles. The Bertz CT molecular complexity index is 443. The first kappa shape index (κ1) is 18.7. The van der Waals surface area contributed by atoms with Crippen molar-refractivity contribution in [3.63, 3.8) is 0 Å². The SMILES string of the molecule is Cl.Cl.O=C(NCCc1cscn1)[C@@]12CCCC[C@H]1CNC2. The molecule has 1 amide bonds. The van der Waals surface area contributed by atoms with Crippen LogP contribution in [-0.4, -0.2) is 30.5 Å². The first-order valence-corrected chi connectivity index (χ1v) is 8.12. The fourth-order valence-corrected chi connectivity index (χ4v) is 4.12. The average Bonchev–Trinajstić information content (AvgIpc) is 3.08. The fourth-order valence-electron chi connectivity index (χ4n) is 3.53. The highest BCUT2D eigenvalue weighted by molar-refractivity contribution is 7.07. The van der Waals surface area contributed by atoms with Gasteiger partial charge in [-0.05, 0) is 25.3 Å². The maximum atomic E-state index is 12.6. The van der Waals surface area contributed by atoms with Gasteiger partial charge in [0.25, 0.3) is 0 Å². The van der Waals surface area contributed by atoms with E-state index in [1.807, 2.05) is 10.9 Å². The zero-order chi connectivity index (χ0) is 13.1. The van der Waals surface area contributed by atoms with Gasteiger partial charge in [0.05, 0.1) is 16.6 Å². The topological polar surface area (TPSA) is 54.0 Å². The molecule has 1 aromatic rings. The number of carbonyl (C=O) groups is 1. The summed E-state index contributed by atoms with van der Waals surface area (Å²) >= 11 is 1.61. The van der Waals surface area contributed by atoms with Crippen LogP contribution in [0.15, 0.2) is 10.9 Å². The maximum Gasteiger partial charge on any atom is 0.227 e. The molecule has 2 fully saturated rings. The van der Waals surface area contributed by atoms with E-state index >= 15 is 0 Å². The van der Waals surface area contributed by atoms with E-state index in [1.165, 1.54) is 19.3 Å². The lowest BCUT2D eigenvalue weighted by molar-refractivity contribution is -0.133. The second kappa shape index (κ2) is 8.32. The zero-order valence-corrected chi connectivity index (χ0v) is 14.4. The van der Waals surface area contributed by atoms with E-state index in [4.69, 9.17) is 0 Å². The standard InChI is InChI=1S/C14H21N3OS.2ClH/c18-13(16-6-4-12-8-19-10-17-12)14-5-2-1-3-11(14)7-15-9-14;;/h8,10-11,15H,1-7,9H2,(H,16,18);2*1H/t11-,14+;;/m0../s1. The first-order chi connectivity index (χ1) is 9.31. The van der Waals surface area contributed by atoms with Gasteiger partial charge in [-0.2, -0.15) is 0 Å². The molecule has 7 heteroatoms. The van der Waals surface area contributed by atoms with Crippen molar-refractivity contribution in [2.75, 3.05) is 19.6 Å². The summed E-state index contributed by atoms with van der Waals surface area (Å²) in [5.41, 5.74) is 2.79. The van der Waals surface area contributed by atoms with Crippen molar-refractivity contribution < 1.29 is 4.79 Å². The van der Waals surface area contributed by atoms with Gasteiger partial charge in [-0.3, -0.25) is 4.79 Å². The number of hydrogen-bond acceptors (Lipinski definition) is 4. The van der Waals surface area contributed by atoms with Gasteiger partial charge >= 0.3 is 0 Å². The monoisotopic (exact) mass is 351 g/mol. The molecule has 0 spiro atoms. The lowest BCUT2D eigenvalue weighted by atomic mass is 9.67. The summed E-state index contributed by atoms with van der Waals surface area (Å²) in [5.74, 6) is 0.804. The van der Waals surface area contributed by atoms with Gasteiger partial charge in [-0.25, -0.2) is 4.98 Å². The third kappa shape index (κ3) is 3.89. The van der Waals surface area contributed by atoms with E-state index in [9.17, 15) is 4.79 Å². The van der Waals surface area contributed by atoms with Gasteiger partial charge in [-0.1, -0.05) is 12.8 Å². The van der Waals surface area contributed by atoms with E-state index in [0.717, 1.165) is 31.6 Å². The molecule has 120 valence electrons. The molecule has 3 rings (SSSR count). The minimum Gasteiger partial charge on any atom is -0.355 e.